The average molecular weight is 335 g/mol. The fourth-order valence-corrected chi connectivity index (χ4v) is 3.03. The molecule has 0 atom stereocenters. The molecule has 0 saturated heterocycles. The lowest BCUT2D eigenvalue weighted by atomic mass is 10.2. The van der Waals surface area contributed by atoms with Crippen LogP contribution in [0, 0.1) is 13.8 Å². The van der Waals surface area contributed by atoms with Crippen LogP contribution < -0.4 is 9.47 Å². The lowest BCUT2D eigenvalue weighted by Crippen LogP contribution is -2.01. The average Bonchev–Trinajstić information content (AvgIpc) is 3.00. The Balaban J connectivity index is 2.14. The number of imidazole rings is 1. The van der Waals surface area contributed by atoms with Crippen LogP contribution in [-0.4, -0.2) is 38.6 Å². The van der Waals surface area contributed by atoms with E-state index in [4.69, 9.17) is 14.5 Å². The van der Waals surface area contributed by atoms with Gasteiger partial charge in [0.2, 0.25) is 5.88 Å². The summed E-state index contributed by atoms with van der Waals surface area (Å²) in [7, 11) is 3.21. The third-order valence-electron chi connectivity index (χ3n) is 4.14. The van der Waals surface area contributed by atoms with Gasteiger partial charge in [-0.05, 0) is 26.0 Å². The molecule has 4 aromatic heterocycles. The van der Waals surface area contributed by atoms with Crippen molar-refractivity contribution in [3.8, 4) is 23.0 Å². The van der Waals surface area contributed by atoms with E-state index >= 15 is 0 Å². The minimum absolute atomic E-state index is 0.528. The minimum atomic E-state index is 0.528. The molecule has 0 amide bonds. The van der Waals surface area contributed by atoms with Crippen molar-refractivity contribution in [1.82, 2.24) is 24.3 Å². The number of ether oxygens (including phenoxy) is 2. The van der Waals surface area contributed by atoms with Gasteiger partial charge in [-0.15, -0.1) is 0 Å². The molecule has 0 radical (unpaired) electrons. The summed E-state index contributed by atoms with van der Waals surface area (Å²) in [6.07, 6.45) is 3.43. The van der Waals surface area contributed by atoms with E-state index in [2.05, 4.69) is 15.0 Å². The monoisotopic (exact) mass is 335 g/mol. The SMILES string of the molecule is COc1cncc(-c2nc(C)c3c(C)nc4ccc(OC)nc4n23)c1. The summed E-state index contributed by atoms with van der Waals surface area (Å²) in [5.41, 5.74) is 5.03. The molecular formula is C18H17N5O2. The fourth-order valence-electron chi connectivity index (χ4n) is 3.03. The second kappa shape index (κ2) is 5.70. The van der Waals surface area contributed by atoms with Crippen LogP contribution in [0.3, 0.4) is 0 Å². The molecule has 0 N–H and O–H groups in total. The highest BCUT2D eigenvalue weighted by Gasteiger charge is 2.18. The van der Waals surface area contributed by atoms with Crippen molar-refractivity contribution in [2.45, 2.75) is 13.8 Å². The van der Waals surface area contributed by atoms with Crippen molar-refractivity contribution < 1.29 is 9.47 Å². The Labute approximate surface area is 144 Å². The first-order valence-corrected chi connectivity index (χ1v) is 7.82. The first-order valence-electron chi connectivity index (χ1n) is 7.82. The maximum Gasteiger partial charge on any atom is 0.215 e. The zero-order chi connectivity index (χ0) is 17.6. The Hall–Kier alpha value is -3.22. The maximum atomic E-state index is 5.30. The number of pyridine rings is 2. The van der Waals surface area contributed by atoms with E-state index in [1.807, 2.05) is 30.4 Å². The Bertz CT molecular complexity index is 1100. The third-order valence-corrected chi connectivity index (χ3v) is 4.14. The molecule has 126 valence electrons. The number of hydrogen-bond donors (Lipinski definition) is 0. The summed E-state index contributed by atoms with van der Waals surface area (Å²) < 4.78 is 12.6. The van der Waals surface area contributed by atoms with E-state index in [9.17, 15) is 0 Å². The van der Waals surface area contributed by atoms with Crippen molar-refractivity contribution in [2.24, 2.45) is 0 Å². The van der Waals surface area contributed by atoms with E-state index in [0.717, 1.165) is 33.8 Å². The number of aryl methyl sites for hydroxylation is 2. The fraction of sp³-hybridized carbons (Fsp3) is 0.222. The number of fused-ring (bicyclic) bond motifs is 3. The number of hydrogen-bond acceptors (Lipinski definition) is 6. The topological polar surface area (TPSA) is 74.4 Å². The maximum absolute atomic E-state index is 5.30. The minimum Gasteiger partial charge on any atom is -0.495 e. The highest BCUT2D eigenvalue weighted by atomic mass is 16.5. The molecule has 0 saturated carbocycles. The van der Waals surface area contributed by atoms with Crippen molar-refractivity contribution in [3.05, 3.63) is 42.0 Å². The molecule has 0 unspecified atom stereocenters. The van der Waals surface area contributed by atoms with Gasteiger partial charge in [0, 0.05) is 17.8 Å². The van der Waals surface area contributed by atoms with Crippen LogP contribution in [0.2, 0.25) is 0 Å². The molecule has 4 heterocycles. The van der Waals surface area contributed by atoms with Gasteiger partial charge in [0.05, 0.1) is 37.3 Å². The predicted octanol–water partition coefficient (Wildman–Crippen LogP) is 2.97. The number of aromatic nitrogens is 5. The summed E-state index contributed by atoms with van der Waals surface area (Å²) in [6, 6.07) is 5.61. The van der Waals surface area contributed by atoms with Gasteiger partial charge >= 0.3 is 0 Å². The molecule has 4 aromatic rings. The highest BCUT2D eigenvalue weighted by molar-refractivity contribution is 5.81. The summed E-state index contributed by atoms with van der Waals surface area (Å²) in [6.45, 7) is 3.94. The Morgan fingerprint density at radius 3 is 2.48 bits per heavy atom. The molecule has 0 fully saturated rings. The Kier molecular flexibility index (Phi) is 3.49. The summed E-state index contributed by atoms with van der Waals surface area (Å²) in [5, 5.41) is 0. The lowest BCUT2D eigenvalue weighted by Gasteiger charge is -2.09. The summed E-state index contributed by atoms with van der Waals surface area (Å²) in [5.74, 6) is 1.95. The second-order valence-electron chi connectivity index (χ2n) is 5.71. The second-order valence-corrected chi connectivity index (χ2v) is 5.71. The number of nitrogens with zero attached hydrogens (tertiary/aromatic N) is 5. The molecule has 0 spiro atoms. The summed E-state index contributed by atoms with van der Waals surface area (Å²) >= 11 is 0. The van der Waals surface area contributed by atoms with Crippen LogP contribution in [0.4, 0.5) is 0 Å². The molecule has 4 rings (SSSR count). The van der Waals surface area contributed by atoms with Crippen LogP contribution in [0.1, 0.15) is 11.4 Å². The van der Waals surface area contributed by atoms with E-state index in [1.165, 1.54) is 0 Å². The van der Waals surface area contributed by atoms with Crippen LogP contribution in [0.5, 0.6) is 11.6 Å². The standard InChI is InChI=1S/C18H17N5O2/c1-10-16-11(2)21-17(12-7-13(24-3)9-19-8-12)23(16)18-14(20-10)5-6-15(22-18)25-4/h5-9H,1-4H3. The number of rotatable bonds is 3. The predicted molar refractivity (Wildman–Crippen MR) is 94.1 cm³/mol. The molecule has 0 aliphatic heterocycles. The van der Waals surface area contributed by atoms with E-state index in [1.54, 1.807) is 32.7 Å². The van der Waals surface area contributed by atoms with Crippen LogP contribution in [-0.2, 0) is 0 Å². The molecule has 7 nitrogen and oxygen atoms in total. The third kappa shape index (κ3) is 2.36. The first-order chi connectivity index (χ1) is 12.1. The number of methoxy groups -OCH3 is 2. The van der Waals surface area contributed by atoms with Crippen LogP contribution in [0.15, 0.2) is 30.6 Å². The van der Waals surface area contributed by atoms with Gasteiger partial charge in [-0.25, -0.2) is 9.97 Å². The van der Waals surface area contributed by atoms with Gasteiger partial charge in [0.1, 0.15) is 17.1 Å². The Morgan fingerprint density at radius 2 is 1.72 bits per heavy atom. The van der Waals surface area contributed by atoms with Gasteiger partial charge in [0.25, 0.3) is 0 Å². The van der Waals surface area contributed by atoms with Crippen molar-refractivity contribution >= 4 is 16.7 Å². The first kappa shape index (κ1) is 15.3. The largest absolute Gasteiger partial charge is 0.495 e. The van der Waals surface area contributed by atoms with Gasteiger partial charge in [0.15, 0.2) is 5.65 Å². The molecule has 0 bridgehead atoms. The molecule has 0 aliphatic carbocycles. The highest BCUT2D eigenvalue weighted by Crippen LogP contribution is 2.29. The van der Waals surface area contributed by atoms with Gasteiger partial charge in [-0.3, -0.25) is 9.38 Å². The molecule has 25 heavy (non-hydrogen) atoms. The van der Waals surface area contributed by atoms with Crippen molar-refractivity contribution in [2.75, 3.05) is 14.2 Å². The lowest BCUT2D eigenvalue weighted by molar-refractivity contribution is 0.399. The van der Waals surface area contributed by atoms with Gasteiger partial charge in [-0.1, -0.05) is 0 Å². The van der Waals surface area contributed by atoms with Crippen molar-refractivity contribution in [1.29, 1.82) is 0 Å². The van der Waals surface area contributed by atoms with E-state index in [-0.39, 0.29) is 0 Å². The molecular weight excluding hydrogens is 318 g/mol. The normalized spacial score (nSPS) is 11.2. The smallest absolute Gasteiger partial charge is 0.215 e. The quantitative estimate of drug-likeness (QED) is 0.573. The Morgan fingerprint density at radius 1 is 0.920 bits per heavy atom. The molecule has 7 heteroatoms. The zero-order valence-corrected chi connectivity index (χ0v) is 14.4. The zero-order valence-electron chi connectivity index (χ0n) is 14.4. The molecule has 0 aliphatic rings. The van der Waals surface area contributed by atoms with E-state index < -0.39 is 0 Å². The molecule has 0 aromatic carbocycles. The van der Waals surface area contributed by atoms with Crippen molar-refractivity contribution in [3.63, 3.8) is 0 Å². The van der Waals surface area contributed by atoms with Gasteiger partial charge < -0.3 is 9.47 Å². The van der Waals surface area contributed by atoms with Gasteiger partial charge in [-0.2, -0.15) is 4.98 Å². The summed E-state index contributed by atoms with van der Waals surface area (Å²) in [4.78, 5) is 18.2. The van der Waals surface area contributed by atoms with Crippen LogP contribution in [0.25, 0.3) is 28.1 Å². The van der Waals surface area contributed by atoms with E-state index in [0.29, 0.717) is 17.3 Å². The van der Waals surface area contributed by atoms with Crippen LogP contribution >= 0.6 is 0 Å².